The molecular weight excluding hydrogens is 402 g/mol. The first kappa shape index (κ1) is 19.9. The van der Waals surface area contributed by atoms with Crippen LogP contribution in [0.25, 0.3) is 22.3 Å². The van der Waals surface area contributed by atoms with Crippen molar-refractivity contribution in [1.82, 2.24) is 34.7 Å². The van der Waals surface area contributed by atoms with Gasteiger partial charge in [-0.1, -0.05) is 12.1 Å². The average molecular weight is 426 g/mol. The molecule has 1 aliphatic rings. The average Bonchev–Trinajstić information content (AvgIpc) is 3.46. The standard InChI is InChI=1S/C23H23N9/c1-30-15-27-29-23(30)16-6-9-32(10-7-16)22-20(17-5-8-25-26-12-17)4-3-19(21(22)11-24)18-13-28-31(2)14-18/h3-5,8,12-16H,6-7,9-10H2,1-2H3. The highest BCUT2D eigenvalue weighted by atomic mass is 15.3. The number of hydrogen-bond acceptors (Lipinski definition) is 7. The van der Waals surface area contributed by atoms with Gasteiger partial charge in [-0.25, -0.2) is 0 Å². The maximum Gasteiger partial charge on any atom is 0.135 e. The molecule has 5 rings (SSSR count). The van der Waals surface area contributed by atoms with Gasteiger partial charge in [0, 0.05) is 61.6 Å². The first-order valence-electron chi connectivity index (χ1n) is 10.6. The highest BCUT2D eigenvalue weighted by molar-refractivity contribution is 5.89. The van der Waals surface area contributed by atoms with Gasteiger partial charge in [0.1, 0.15) is 18.2 Å². The zero-order valence-corrected chi connectivity index (χ0v) is 18.0. The molecule has 0 spiro atoms. The van der Waals surface area contributed by atoms with Crippen molar-refractivity contribution < 1.29 is 0 Å². The minimum absolute atomic E-state index is 0.358. The molecule has 1 aromatic carbocycles. The van der Waals surface area contributed by atoms with E-state index in [9.17, 15) is 5.26 Å². The highest BCUT2D eigenvalue weighted by Crippen LogP contribution is 2.41. The normalized spacial score (nSPS) is 14.5. The molecule has 160 valence electrons. The summed E-state index contributed by atoms with van der Waals surface area (Å²) in [5.41, 5.74) is 5.35. The minimum Gasteiger partial charge on any atom is -0.370 e. The Bertz CT molecular complexity index is 1270. The molecule has 9 heteroatoms. The second kappa shape index (κ2) is 8.23. The van der Waals surface area contributed by atoms with Crippen LogP contribution in [-0.2, 0) is 14.1 Å². The van der Waals surface area contributed by atoms with Crippen LogP contribution in [0.3, 0.4) is 0 Å². The van der Waals surface area contributed by atoms with Gasteiger partial charge in [-0.3, -0.25) is 4.68 Å². The summed E-state index contributed by atoms with van der Waals surface area (Å²) in [6, 6.07) is 8.49. The zero-order valence-electron chi connectivity index (χ0n) is 18.0. The van der Waals surface area contributed by atoms with Crippen LogP contribution < -0.4 is 4.90 Å². The Morgan fingerprint density at radius 3 is 2.41 bits per heavy atom. The van der Waals surface area contributed by atoms with Crippen molar-refractivity contribution in [2.45, 2.75) is 18.8 Å². The molecule has 1 aliphatic heterocycles. The molecule has 0 radical (unpaired) electrons. The van der Waals surface area contributed by atoms with Gasteiger partial charge in [-0.2, -0.15) is 20.6 Å². The molecule has 0 atom stereocenters. The van der Waals surface area contributed by atoms with Crippen LogP contribution in [0.15, 0.2) is 49.3 Å². The van der Waals surface area contributed by atoms with Gasteiger partial charge < -0.3 is 9.47 Å². The quantitative estimate of drug-likeness (QED) is 0.495. The van der Waals surface area contributed by atoms with Gasteiger partial charge in [0.25, 0.3) is 0 Å². The number of rotatable bonds is 4. The van der Waals surface area contributed by atoms with Crippen LogP contribution >= 0.6 is 0 Å². The number of nitriles is 1. The number of anilines is 1. The summed E-state index contributed by atoms with van der Waals surface area (Å²) in [7, 11) is 3.87. The van der Waals surface area contributed by atoms with Crippen molar-refractivity contribution in [2.24, 2.45) is 14.1 Å². The smallest absolute Gasteiger partial charge is 0.135 e. The van der Waals surface area contributed by atoms with E-state index in [1.165, 1.54) is 0 Å². The zero-order chi connectivity index (χ0) is 22.1. The van der Waals surface area contributed by atoms with Gasteiger partial charge in [-0.15, -0.1) is 10.2 Å². The monoisotopic (exact) mass is 425 g/mol. The third-order valence-electron chi connectivity index (χ3n) is 6.12. The molecule has 0 unspecified atom stereocenters. The summed E-state index contributed by atoms with van der Waals surface area (Å²) in [4.78, 5) is 2.32. The fourth-order valence-corrected chi connectivity index (χ4v) is 4.54. The van der Waals surface area contributed by atoms with E-state index in [1.54, 1.807) is 29.6 Å². The summed E-state index contributed by atoms with van der Waals surface area (Å²) in [5, 5.41) is 30.9. The molecule has 9 nitrogen and oxygen atoms in total. The Morgan fingerprint density at radius 2 is 1.78 bits per heavy atom. The molecule has 3 aromatic heterocycles. The van der Waals surface area contributed by atoms with Crippen LogP contribution in [-0.4, -0.2) is 47.8 Å². The van der Waals surface area contributed by atoms with E-state index in [0.717, 1.165) is 59.7 Å². The molecular formula is C23H23N9. The fourth-order valence-electron chi connectivity index (χ4n) is 4.54. The van der Waals surface area contributed by atoms with Crippen LogP contribution in [0.5, 0.6) is 0 Å². The third kappa shape index (κ3) is 3.50. The van der Waals surface area contributed by atoms with E-state index < -0.39 is 0 Å². The topological polar surface area (TPSA) is 101 Å². The first-order valence-corrected chi connectivity index (χ1v) is 10.6. The summed E-state index contributed by atoms with van der Waals surface area (Å²) in [6.07, 6.45) is 10.8. The predicted molar refractivity (Wildman–Crippen MR) is 120 cm³/mol. The van der Waals surface area contributed by atoms with E-state index >= 15 is 0 Å². The highest BCUT2D eigenvalue weighted by Gasteiger charge is 2.28. The molecule has 4 aromatic rings. The number of aryl methyl sites for hydroxylation is 2. The van der Waals surface area contributed by atoms with Gasteiger partial charge in [-0.05, 0) is 18.9 Å². The molecule has 1 saturated heterocycles. The van der Waals surface area contributed by atoms with Crippen molar-refractivity contribution in [3.05, 3.63) is 60.7 Å². The van der Waals surface area contributed by atoms with Crippen molar-refractivity contribution in [1.29, 1.82) is 5.26 Å². The van der Waals surface area contributed by atoms with E-state index in [2.05, 4.69) is 42.5 Å². The van der Waals surface area contributed by atoms with Gasteiger partial charge in [0.15, 0.2) is 0 Å². The Labute approximate surface area is 186 Å². The molecule has 4 heterocycles. The Hall–Kier alpha value is -4.06. The molecule has 0 saturated carbocycles. The van der Waals surface area contributed by atoms with E-state index in [0.29, 0.717) is 11.5 Å². The van der Waals surface area contributed by atoms with Crippen molar-refractivity contribution >= 4 is 5.69 Å². The molecule has 32 heavy (non-hydrogen) atoms. The molecule has 0 aliphatic carbocycles. The summed E-state index contributed by atoms with van der Waals surface area (Å²) in [6.45, 7) is 1.66. The SMILES string of the molecule is Cn1cc(-c2ccc(-c3ccnnc3)c(N3CCC(c4nncn4C)CC3)c2C#N)cn1. The second-order valence-electron chi connectivity index (χ2n) is 8.09. The van der Waals surface area contributed by atoms with Crippen LogP contribution in [0.4, 0.5) is 5.69 Å². The Balaban J connectivity index is 1.58. The van der Waals surface area contributed by atoms with E-state index in [4.69, 9.17) is 0 Å². The fraction of sp³-hybridized carbons (Fsp3) is 0.304. The first-order chi connectivity index (χ1) is 15.7. The second-order valence-corrected chi connectivity index (χ2v) is 8.09. The van der Waals surface area contributed by atoms with Gasteiger partial charge >= 0.3 is 0 Å². The van der Waals surface area contributed by atoms with Crippen LogP contribution in [0, 0.1) is 11.3 Å². The molecule has 0 bridgehead atoms. The van der Waals surface area contributed by atoms with Gasteiger partial charge in [0.2, 0.25) is 0 Å². The predicted octanol–water partition coefficient (Wildman–Crippen LogP) is 2.93. The number of nitrogens with zero attached hydrogens (tertiary/aromatic N) is 9. The number of benzene rings is 1. The molecule has 0 amide bonds. The number of piperidine rings is 1. The lowest BCUT2D eigenvalue weighted by atomic mass is 9.91. The molecule has 1 fully saturated rings. The Kier molecular flexibility index (Phi) is 5.11. The van der Waals surface area contributed by atoms with Crippen LogP contribution in [0.1, 0.15) is 30.1 Å². The summed E-state index contributed by atoms with van der Waals surface area (Å²) < 4.78 is 3.75. The van der Waals surface area contributed by atoms with Crippen molar-refractivity contribution in [3.63, 3.8) is 0 Å². The largest absolute Gasteiger partial charge is 0.370 e. The number of aromatic nitrogens is 7. The van der Waals surface area contributed by atoms with Crippen LogP contribution in [0.2, 0.25) is 0 Å². The van der Waals surface area contributed by atoms with Crippen molar-refractivity contribution in [3.8, 4) is 28.3 Å². The lowest BCUT2D eigenvalue weighted by molar-refractivity contribution is 0.474. The summed E-state index contributed by atoms with van der Waals surface area (Å²) >= 11 is 0. The Morgan fingerprint density at radius 1 is 0.969 bits per heavy atom. The molecule has 0 N–H and O–H groups in total. The van der Waals surface area contributed by atoms with Gasteiger partial charge in [0.05, 0.1) is 29.8 Å². The van der Waals surface area contributed by atoms with E-state index in [1.807, 2.05) is 37.0 Å². The minimum atomic E-state index is 0.358. The maximum atomic E-state index is 10.3. The maximum absolute atomic E-state index is 10.3. The van der Waals surface area contributed by atoms with E-state index in [-0.39, 0.29) is 0 Å². The third-order valence-corrected chi connectivity index (χ3v) is 6.12. The lowest BCUT2D eigenvalue weighted by Crippen LogP contribution is -2.34. The lowest BCUT2D eigenvalue weighted by Gasteiger charge is -2.35. The number of hydrogen-bond donors (Lipinski definition) is 0. The summed E-state index contributed by atoms with van der Waals surface area (Å²) in [5.74, 6) is 1.38. The van der Waals surface area contributed by atoms with Crippen molar-refractivity contribution in [2.75, 3.05) is 18.0 Å².